The third-order valence-corrected chi connectivity index (χ3v) is 4.65. The van der Waals surface area contributed by atoms with Crippen LogP contribution >= 0.6 is 27.5 Å². The van der Waals surface area contributed by atoms with Gasteiger partial charge in [-0.2, -0.15) is 0 Å². The molecule has 1 heterocycles. The summed E-state index contributed by atoms with van der Waals surface area (Å²) in [4.78, 5) is 2.48. The summed E-state index contributed by atoms with van der Waals surface area (Å²) in [5, 5.41) is 4.42. The van der Waals surface area contributed by atoms with Gasteiger partial charge in [0, 0.05) is 34.2 Å². The van der Waals surface area contributed by atoms with E-state index in [1.807, 2.05) is 12.1 Å². The second-order valence-corrected chi connectivity index (χ2v) is 7.59. The third-order valence-electron chi connectivity index (χ3n) is 3.74. The van der Waals surface area contributed by atoms with Gasteiger partial charge >= 0.3 is 0 Å². The first kappa shape index (κ1) is 15.1. The number of nitrogens with zero attached hydrogens (tertiary/aromatic N) is 1. The van der Waals surface area contributed by atoms with Gasteiger partial charge in [0.25, 0.3) is 0 Å². The molecule has 0 amide bonds. The molecule has 1 unspecified atom stereocenters. The van der Waals surface area contributed by atoms with Crippen LogP contribution in [-0.2, 0) is 0 Å². The maximum absolute atomic E-state index is 6.17. The molecule has 0 aliphatic carbocycles. The van der Waals surface area contributed by atoms with Crippen molar-refractivity contribution in [3.8, 4) is 0 Å². The van der Waals surface area contributed by atoms with Crippen molar-refractivity contribution in [2.24, 2.45) is 5.92 Å². The predicted molar refractivity (Wildman–Crippen MR) is 87.2 cm³/mol. The minimum absolute atomic E-state index is 0.118. The Hall–Kier alpha value is -0.250. The highest BCUT2D eigenvalue weighted by atomic mass is 79.9. The lowest BCUT2D eigenvalue weighted by molar-refractivity contribution is 0.277. The number of rotatable bonds is 2. The summed E-state index contributed by atoms with van der Waals surface area (Å²) in [5.41, 5.74) is 1.31. The lowest BCUT2D eigenvalue weighted by Gasteiger charge is -2.47. The van der Waals surface area contributed by atoms with Gasteiger partial charge in [0.05, 0.1) is 5.69 Å². The predicted octanol–water partition coefficient (Wildman–Crippen LogP) is 4.32. The number of hydrogen-bond acceptors (Lipinski definition) is 2. The SMILES string of the molecule is CC(C)C1CNC(C)(C)CN1c1cc(Cl)ccc1Br. The second kappa shape index (κ2) is 5.63. The monoisotopic (exact) mass is 344 g/mol. The normalized spacial score (nSPS) is 22.9. The molecule has 1 saturated heterocycles. The summed E-state index contributed by atoms with van der Waals surface area (Å²) < 4.78 is 1.11. The Morgan fingerprint density at radius 2 is 2.11 bits per heavy atom. The molecular weight excluding hydrogens is 324 g/mol. The molecule has 0 saturated carbocycles. The van der Waals surface area contributed by atoms with Gasteiger partial charge in [0.2, 0.25) is 0 Å². The van der Waals surface area contributed by atoms with Crippen LogP contribution in [0.25, 0.3) is 0 Å². The molecule has 1 aromatic carbocycles. The van der Waals surface area contributed by atoms with Gasteiger partial charge in [-0.25, -0.2) is 0 Å². The molecule has 1 aliphatic rings. The molecule has 1 atom stereocenters. The van der Waals surface area contributed by atoms with Crippen molar-refractivity contribution in [1.82, 2.24) is 5.32 Å². The Morgan fingerprint density at radius 1 is 1.42 bits per heavy atom. The Kier molecular flexibility index (Phi) is 4.49. The lowest BCUT2D eigenvalue weighted by Crippen LogP contribution is -2.63. The van der Waals surface area contributed by atoms with E-state index in [4.69, 9.17) is 11.6 Å². The molecule has 106 valence electrons. The number of piperazine rings is 1. The summed E-state index contributed by atoms with van der Waals surface area (Å²) in [5.74, 6) is 0.592. The zero-order valence-electron chi connectivity index (χ0n) is 12.0. The average Bonchev–Trinajstić information content (AvgIpc) is 2.30. The molecular formula is C15H22BrClN2. The van der Waals surface area contributed by atoms with Gasteiger partial charge in [0.15, 0.2) is 0 Å². The van der Waals surface area contributed by atoms with E-state index in [9.17, 15) is 0 Å². The molecule has 2 rings (SSSR count). The molecule has 1 aromatic rings. The number of benzene rings is 1. The molecule has 1 N–H and O–H groups in total. The molecule has 1 fully saturated rings. The quantitative estimate of drug-likeness (QED) is 0.859. The first-order valence-electron chi connectivity index (χ1n) is 6.77. The highest BCUT2D eigenvalue weighted by Gasteiger charge is 2.34. The summed E-state index contributed by atoms with van der Waals surface area (Å²) in [6.07, 6.45) is 0. The van der Waals surface area contributed by atoms with Gasteiger partial charge in [-0.05, 0) is 53.9 Å². The fraction of sp³-hybridized carbons (Fsp3) is 0.600. The maximum Gasteiger partial charge on any atom is 0.0529 e. The van der Waals surface area contributed by atoms with Crippen molar-refractivity contribution in [3.63, 3.8) is 0 Å². The molecule has 2 nitrogen and oxygen atoms in total. The second-order valence-electron chi connectivity index (χ2n) is 6.30. The van der Waals surface area contributed by atoms with E-state index in [0.717, 1.165) is 22.6 Å². The first-order valence-corrected chi connectivity index (χ1v) is 7.94. The minimum atomic E-state index is 0.118. The zero-order valence-corrected chi connectivity index (χ0v) is 14.3. The third kappa shape index (κ3) is 3.45. The van der Waals surface area contributed by atoms with Crippen molar-refractivity contribution >= 4 is 33.2 Å². The van der Waals surface area contributed by atoms with Gasteiger partial charge in [-0.3, -0.25) is 0 Å². The largest absolute Gasteiger partial charge is 0.364 e. The van der Waals surface area contributed by atoms with Crippen molar-refractivity contribution in [2.45, 2.75) is 39.3 Å². The zero-order chi connectivity index (χ0) is 14.2. The highest BCUT2D eigenvalue weighted by Crippen LogP contribution is 2.34. The average molecular weight is 346 g/mol. The van der Waals surface area contributed by atoms with E-state index < -0.39 is 0 Å². The summed E-state index contributed by atoms with van der Waals surface area (Å²) in [7, 11) is 0. The van der Waals surface area contributed by atoms with E-state index in [0.29, 0.717) is 12.0 Å². The van der Waals surface area contributed by atoms with Crippen molar-refractivity contribution in [2.75, 3.05) is 18.0 Å². The van der Waals surface area contributed by atoms with Crippen LogP contribution in [0.5, 0.6) is 0 Å². The molecule has 0 radical (unpaired) electrons. The van der Waals surface area contributed by atoms with Crippen LogP contribution in [0.1, 0.15) is 27.7 Å². The van der Waals surface area contributed by atoms with E-state index >= 15 is 0 Å². The van der Waals surface area contributed by atoms with Crippen LogP contribution in [0.15, 0.2) is 22.7 Å². The fourth-order valence-electron chi connectivity index (χ4n) is 2.66. The van der Waals surface area contributed by atoms with Crippen LogP contribution in [-0.4, -0.2) is 24.7 Å². The van der Waals surface area contributed by atoms with Crippen molar-refractivity contribution in [3.05, 3.63) is 27.7 Å². The van der Waals surface area contributed by atoms with Crippen LogP contribution in [0.3, 0.4) is 0 Å². The Bertz CT molecular complexity index is 459. The van der Waals surface area contributed by atoms with Crippen molar-refractivity contribution in [1.29, 1.82) is 0 Å². The topological polar surface area (TPSA) is 15.3 Å². The lowest BCUT2D eigenvalue weighted by atomic mass is 9.92. The summed E-state index contributed by atoms with van der Waals surface area (Å²) in [6, 6.07) is 6.50. The highest BCUT2D eigenvalue weighted by molar-refractivity contribution is 9.10. The van der Waals surface area contributed by atoms with Crippen LogP contribution in [0.4, 0.5) is 5.69 Å². The van der Waals surface area contributed by atoms with Gasteiger partial charge in [0.1, 0.15) is 0 Å². The van der Waals surface area contributed by atoms with Gasteiger partial charge < -0.3 is 10.2 Å². The minimum Gasteiger partial charge on any atom is -0.364 e. The van der Waals surface area contributed by atoms with Gasteiger partial charge in [-0.15, -0.1) is 0 Å². The molecule has 0 aromatic heterocycles. The summed E-state index contributed by atoms with van der Waals surface area (Å²) >= 11 is 9.83. The Balaban J connectivity index is 2.39. The van der Waals surface area contributed by atoms with E-state index in [1.165, 1.54) is 5.69 Å². The van der Waals surface area contributed by atoms with Crippen molar-refractivity contribution < 1.29 is 0 Å². The van der Waals surface area contributed by atoms with Crippen LogP contribution in [0.2, 0.25) is 5.02 Å². The van der Waals surface area contributed by atoms with Gasteiger partial charge in [-0.1, -0.05) is 25.4 Å². The van der Waals surface area contributed by atoms with Crippen LogP contribution < -0.4 is 10.2 Å². The standard InChI is InChI=1S/C15H22BrClN2/c1-10(2)14-8-18-15(3,4)9-19(14)13-7-11(17)5-6-12(13)16/h5-7,10,14,18H,8-9H2,1-4H3. The van der Waals surface area contributed by atoms with E-state index in [-0.39, 0.29) is 5.54 Å². The molecule has 1 aliphatic heterocycles. The number of halogens is 2. The van der Waals surface area contributed by atoms with E-state index in [1.54, 1.807) is 0 Å². The van der Waals surface area contributed by atoms with Crippen LogP contribution in [0, 0.1) is 5.92 Å². The smallest absolute Gasteiger partial charge is 0.0529 e. The molecule has 0 bridgehead atoms. The Labute approximate surface area is 129 Å². The number of anilines is 1. The molecule has 0 spiro atoms. The number of hydrogen-bond donors (Lipinski definition) is 1. The molecule has 4 heteroatoms. The summed E-state index contributed by atoms with van der Waals surface area (Å²) in [6.45, 7) is 11.0. The fourth-order valence-corrected chi connectivity index (χ4v) is 3.30. The van der Waals surface area contributed by atoms with E-state index in [2.05, 4.69) is 59.9 Å². The Morgan fingerprint density at radius 3 is 2.74 bits per heavy atom. The molecule has 19 heavy (non-hydrogen) atoms. The number of nitrogens with one attached hydrogen (secondary N) is 1. The first-order chi connectivity index (χ1) is 8.80. The maximum atomic E-state index is 6.17.